The van der Waals surface area contributed by atoms with Crippen molar-refractivity contribution in [3.63, 3.8) is 0 Å². The molecule has 17 heavy (non-hydrogen) atoms. The first-order valence-corrected chi connectivity index (χ1v) is 6.55. The highest BCUT2D eigenvalue weighted by atomic mass is 16.5. The second-order valence-electron chi connectivity index (χ2n) is 4.57. The van der Waals surface area contributed by atoms with Gasteiger partial charge in [0.2, 0.25) is 0 Å². The molecule has 2 nitrogen and oxygen atoms in total. The Morgan fingerprint density at radius 1 is 1.24 bits per heavy atom. The van der Waals surface area contributed by atoms with Crippen LogP contribution in [0.3, 0.4) is 0 Å². The van der Waals surface area contributed by atoms with Crippen molar-refractivity contribution in [2.75, 3.05) is 6.61 Å². The number of ether oxygens (including phenoxy) is 1. The molecule has 0 radical (unpaired) electrons. The SMILES string of the molecule is CC1CCC#CCCCC=CCC(=O)OCC1. The van der Waals surface area contributed by atoms with Crippen molar-refractivity contribution >= 4 is 5.97 Å². The predicted octanol–water partition coefficient (Wildman–Crippen LogP) is 3.47. The first-order valence-electron chi connectivity index (χ1n) is 6.55. The molecule has 0 aromatic rings. The van der Waals surface area contributed by atoms with E-state index in [1.165, 1.54) is 0 Å². The van der Waals surface area contributed by atoms with Crippen LogP contribution in [-0.2, 0) is 9.53 Å². The van der Waals surface area contributed by atoms with Gasteiger partial charge in [0.1, 0.15) is 0 Å². The van der Waals surface area contributed by atoms with E-state index in [1.54, 1.807) is 0 Å². The minimum absolute atomic E-state index is 0.112. The molecule has 0 fully saturated rings. The number of hydrogen-bond donors (Lipinski definition) is 0. The van der Waals surface area contributed by atoms with Gasteiger partial charge in [0, 0.05) is 12.8 Å². The Balaban J connectivity index is 2.39. The quantitative estimate of drug-likeness (QED) is 0.364. The van der Waals surface area contributed by atoms with Crippen LogP contribution in [0, 0.1) is 17.8 Å². The lowest BCUT2D eigenvalue weighted by molar-refractivity contribution is -0.142. The zero-order valence-corrected chi connectivity index (χ0v) is 10.7. The van der Waals surface area contributed by atoms with Gasteiger partial charge in [-0.05, 0) is 31.6 Å². The molecule has 0 N–H and O–H groups in total. The number of esters is 1. The van der Waals surface area contributed by atoms with Crippen LogP contribution in [0.2, 0.25) is 0 Å². The van der Waals surface area contributed by atoms with Gasteiger partial charge in [-0.3, -0.25) is 4.79 Å². The number of cyclic esters (lactones) is 1. The molecule has 1 aliphatic rings. The second kappa shape index (κ2) is 8.87. The summed E-state index contributed by atoms with van der Waals surface area (Å²) in [7, 11) is 0. The number of allylic oxidation sites excluding steroid dienone is 1. The number of carbonyl (C=O) groups is 1. The summed E-state index contributed by atoms with van der Waals surface area (Å²) in [6.45, 7) is 2.73. The molecule has 0 aliphatic carbocycles. The minimum atomic E-state index is -0.112. The zero-order chi connectivity index (χ0) is 12.3. The number of hydrogen-bond acceptors (Lipinski definition) is 2. The van der Waals surface area contributed by atoms with Crippen molar-refractivity contribution in [1.82, 2.24) is 0 Å². The van der Waals surface area contributed by atoms with Crippen LogP contribution in [-0.4, -0.2) is 12.6 Å². The second-order valence-corrected chi connectivity index (χ2v) is 4.57. The third-order valence-electron chi connectivity index (χ3n) is 2.88. The van der Waals surface area contributed by atoms with E-state index >= 15 is 0 Å². The molecule has 0 aromatic carbocycles. The maximum atomic E-state index is 11.3. The summed E-state index contributed by atoms with van der Waals surface area (Å²) in [6.07, 6.45) is 10.4. The third kappa shape index (κ3) is 7.63. The van der Waals surface area contributed by atoms with Crippen LogP contribution >= 0.6 is 0 Å². The van der Waals surface area contributed by atoms with Crippen molar-refractivity contribution in [1.29, 1.82) is 0 Å². The summed E-state index contributed by atoms with van der Waals surface area (Å²) in [4.78, 5) is 11.3. The Morgan fingerprint density at radius 3 is 2.94 bits per heavy atom. The highest BCUT2D eigenvalue weighted by molar-refractivity contribution is 5.71. The van der Waals surface area contributed by atoms with Crippen LogP contribution in [0.25, 0.3) is 0 Å². The molecule has 0 bridgehead atoms. The fourth-order valence-electron chi connectivity index (χ4n) is 1.68. The van der Waals surface area contributed by atoms with Crippen LogP contribution in [0.1, 0.15) is 51.9 Å². The van der Waals surface area contributed by atoms with E-state index in [1.807, 2.05) is 12.2 Å². The Morgan fingerprint density at radius 2 is 2.06 bits per heavy atom. The third-order valence-corrected chi connectivity index (χ3v) is 2.88. The topological polar surface area (TPSA) is 26.3 Å². The van der Waals surface area contributed by atoms with Gasteiger partial charge in [-0.25, -0.2) is 0 Å². The maximum Gasteiger partial charge on any atom is 0.309 e. The van der Waals surface area contributed by atoms with Gasteiger partial charge in [0.05, 0.1) is 13.0 Å². The molecule has 0 spiro atoms. The lowest BCUT2D eigenvalue weighted by atomic mass is 10.0. The van der Waals surface area contributed by atoms with Gasteiger partial charge in [-0.15, -0.1) is 11.8 Å². The summed E-state index contributed by atoms with van der Waals surface area (Å²) in [5.74, 6) is 6.88. The molecule has 0 amide bonds. The lowest BCUT2D eigenvalue weighted by Gasteiger charge is -2.09. The molecular weight excluding hydrogens is 212 g/mol. The molecule has 94 valence electrons. The van der Waals surface area contributed by atoms with Crippen molar-refractivity contribution in [3.8, 4) is 11.8 Å². The lowest BCUT2D eigenvalue weighted by Crippen LogP contribution is -2.07. The zero-order valence-electron chi connectivity index (χ0n) is 10.7. The van der Waals surface area contributed by atoms with Crippen LogP contribution in [0.5, 0.6) is 0 Å². The predicted molar refractivity (Wildman–Crippen MR) is 69.4 cm³/mol. The molecule has 2 heteroatoms. The van der Waals surface area contributed by atoms with Gasteiger partial charge in [0.25, 0.3) is 0 Å². The first kappa shape index (κ1) is 13.8. The van der Waals surface area contributed by atoms with Crippen LogP contribution in [0.4, 0.5) is 0 Å². The molecule has 1 heterocycles. The summed E-state index contributed by atoms with van der Waals surface area (Å²) in [6, 6.07) is 0. The average molecular weight is 234 g/mol. The molecule has 0 aromatic heterocycles. The van der Waals surface area contributed by atoms with Crippen LogP contribution in [0.15, 0.2) is 12.2 Å². The smallest absolute Gasteiger partial charge is 0.309 e. The summed E-state index contributed by atoms with van der Waals surface area (Å²) < 4.78 is 5.16. The Hall–Kier alpha value is -1.23. The Labute approximate surface area is 104 Å². The Kier molecular flexibility index (Phi) is 7.22. The highest BCUT2D eigenvalue weighted by Gasteiger charge is 2.04. The largest absolute Gasteiger partial charge is 0.465 e. The molecular formula is C15H22O2. The molecule has 1 aliphatic heterocycles. The van der Waals surface area contributed by atoms with Gasteiger partial charge < -0.3 is 4.74 Å². The standard InChI is InChI=1S/C15H22O2/c1-14-10-8-6-4-2-3-5-7-9-11-15(16)17-13-12-14/h7,9,14H,2-3,5,8,10-13H2,1H3. The fraction of sp³-hybridized carbons (Fsp3) is 0.667. The van der Waals surface area contributed by atoms with E-state index in [4.69, 9.17) is 4.74 Å². The van der Waals surface area contributed by atoms with E-state index in [0.29, 0.717) is 18.9 Å². The average Bonchev–Trinajstić information content (AvgIpc) is 2.31. The van der Waals surface area contributed by atoms with E-state index < -0.39 is 0 Å². The van der Waals surface area contributed by atoms with Crippen molar-refractivity contribution in [2.24, 2.45) is 5.92 Å². The molecule has 1 unspecified atom stereocenters. The Bertz CT molecular complexity index is 307. The van der Waals surface area contributed by atoms with E-state index in [0.717, 1.165) is 38.5 Å². The van der Waals surface area contributed by atoms with Gasteiger partial charge in [0.15, 0.2) is 0 Å². The number of rotatable bonds is 0. The van der Waals surface area contributed by atoms with Crippen molar-refractivity contribution < 1.29 is 9.53 Å². The van der Waals surface area contributed by atoms with Crippen LogP contribution < -0.4 is 0 Å². The normalized spacial score (nSPS) is 23.8. The monoisotopic (exact) mass is 234 g/mol. The summed E-state index contributed by atoms with van der Waals surface area (Å²) >= 11 is 0. The molecule has 0 saturated carbocycles. The fourth-order valence-corrected chi connectivity index (χ4v) is 1.68. The minimum Gasteiger partial charge on any atom is -0.465 e. The van der Waals surface area contributed by atoms with Crippen molar-refractivity contribution in [2.45, 2.75) is 51.9 Å². The van der Waals surface area contributed by atoms with Gasteiger partial charge >= 0.3 is 5.97 Å². The summed E-state index contributed by atoms with van der Waals surface area (Å²) in [5, 5.41) is 0. The van der Waals surface area contributed by atoms with E-state index in [9.17, 15) is 4.79 Å². The van der Waals surface area contributed by atoms with Crippen molar-refractivity contribution in [3.05, 3.63) is 12.2 Å². The molecule has 0 saturated heterocycles. The van der Waals surface area contributed by atoms with Gasteiger partial charge in [-0.2, -0.15) is 0 Å². The van der Waals surface area contributed by atoms with E-state index in [-0.39, 0.29) is 5.97 Å². The highest BCUT2D eigenvalue weighted by Crippen LogP contribution is 2.10. The molecule has 1 atom stereocenters. The van der Waals surface area contributed by atoms with E-state index in [2.05, 4.69) is 18.8 Å². The number of carbonyl (C=O) groups excluding carboxylic acids is 1. The first-order chi connectivity index (χ1) is 8.29. The summed E-state index contributed by atoms with van der Waals surface area (Å²) in [5.41, 5.74) is 0. The maximum absolute atomic E-state index is 11.3. The molecule has 1 rings (SSSR count). The van der Waals surface area contributed by atoms with Gasteiger partial charge in [-0.1, -0.05) is 19.1 Å².